The van der Waals surface area contributed by atoms with Gasteiger partial charge in [-0.25, -0.2) is 4.39 Å². The Kier molecular flexibility index (Phi) is 6.03. The van der Waals surface area contributed by atoms with Gasteiger partial charge in [0.15, 0.2) is 6.61 Å². The van der Waals surface area contributed by atoms with Crippen molar-refractivity contribution in [1.82, 2.24) is 4.90 Å². The highest BCUT2D eigenvalue weighted by Gasteiger charge is 2.35. The normalized spacial score (nSPS) is 16.1. The molecule has 2 amide bonds. The second-order valence-corrected chi connectivity index (χ2v) is 6.82. The first kappa shape index (κ1) is 19.5. The minimum atomic E-state index is -0.587. The zero-order valence-corrected chi connectivity index (χ0v) is 15.5. The van der Waals surface area contributed by atoms with Gasteiger partial charge >= 0.3 is 5.97 Å². The Morgan fingerprint density at radius 3 is 2.50 bits per heavy atom. The lowest BCUT2D eigenvalue weighted by Gasteiger charge is -2.16. The molecule has 0 radical (unpaired) electrons. The molecule has 2 aromatic rings. The SMILES string of the molecule is Cc1ccc(CN2C[C@H](C(=O)OCC(=O)Nc3ccc(F)cc3)CC2=O)cc1. The minimum absolute atomic E-state index is 0.0737. The molecule has 28 heavy (non-hydrogen) atoms. The number of likely N-dealkylation sites (tertiary alicyclic amines) is 1. The maximum atomic E-state index is 12.9. The zero-order chi connectivity index (χ0) is 20.1. The number of benzene rings is 2. The third-order valence-corrected chi connectivity index (χ3v) is 4.52. The van der Waals surface area contributed by atoms with Crippen molar-refractivity contribution in [3.8, 4) is 0 Å². The van der Waals surface area contributed by atoms with Gasteiger partial charge in [0, 0.05) is 25.2 Å². The second-order valence-electron chi connectivity index (χ2n) is 6.82. The minimum Gasteiger partial charge on any atom is -0.455 e. The summed E-state index contributed by atoms with van der Waals surface area (Å²) in [5.41, 5.74) is 2.53. The number of aryl methyl sites for hydroxylation is 1. The topological polar surface area (TPSA) is 75.7 Å². The van der Waals surface area contributed by atoms with Crippen LogP contribution in [0.2, 0.25) is 0 Å². The van der Waals surface area contributed by atoms with E-state index < -0.39 is 30.2 Å². The van der Waals surface area contributed by atoms with E-state index in [2.05, 4.69) is 5.32 Å². The lowest BCUT2D eigenvalue weighted by atomic mass is 10.1. The number of ether oxygens (including phenoxy) is 1. The monoisotopic (exact) mass is 384 g/mol. The first-order chi connectivity index (χ1) is 13.4. The van der Waals surface area contributed by atoms with Crippen LogP contribution in [-0.2, 0) is 25.7 Å². The number of esters is 1. The molecule has 1 heterocycles. The average molecular weight is 384 g/mol. The Labute approximate surface area is 162 Å². The molecule has 146 valence electrons. The number of hydrogen-bond donors (Lipinski definition) is 1. The number of halogens is 1. The summed E-state index contributed by atoms with van der Waals surface area (Å²) in [7, 11) is 0. The Morgan fingerprint density at radius 1 is 1.14 bits per heavy atom. The first-order valence-corrected chi connectivity index (χ1v) is 8.96. The van der Waals surface area contributed by atoms with E-state index in [1.807, 2.05) is 31.2 Å². The third kappa shape index (κ3) is 5.16. The van der Waals surface area contributed by atoms with Crippen LogP contribution in [0.4, 0.5) is 10.1 Å². The smallest absolute Gasteiger partial charge is 0.311 e. The molecule has 1 aliphatic heterocycles. The standard InChI is InChI=1S/C21H21FN2O4/c1-14-2-4-15(5-3-14)11-24-12-16(10-20(24)26)21(27)28-13-19(25)23-18-8-6-17(22)7-9-18/h2-9,16H,10-13H2,1H3,(H,23,25)/t16-/m1/s1. The van der Waals surface area contributed by atoms with Gasteiger partial charge in [0.1, 0.15) is 5.82 Å². The molecule has 6 nitrogen and oxygen atoms in total. The summed E-state index contributed by atoms with van der Waals surface area (Å²) in [5.74, 6) is -2.21. The van der Waals surface area contributed by atoms with Crippen molar-refractivity contribution in [3.05, 3.63) is 65.5 Å². The van der Waals surface area contributed by atoms with Gasteiger partial charge in [-0.05, 0) is 36.8 Å². The molecule has 1 aliphatic rings. The van der Waals surface area contributed by atoms with E-state index in [1.54, 1.807) is 4.90 Å². The fourth-order valence-corrected chi connectivity index (χ4v) is 2.98. The Morgan fingerprint density at radius 2 is 1.82 bits per heavy atom. The van der Waals surface area contributed by atoms with Crippen LogP contribution in [0.5, 0.6) is 0 Å². The number of anilines is 1. The molecule has 2 aromatic carbocycles. The molecule has 0 aromatic heterocycles. The summed E-state index contributed by atoms with van der Waals surface area (Å²) in [6.07, 6.45) is 0.0737. The maximum Gasteiger partial charge on any atom is 0.311 e. The van der Waals surface area contributed by atoms with Gasteiger partial charge in [-0.2, -0.15) is 0 Å². The van der Waals surface area contributed by atoms with Crippen molar-refractivity contribution in [2.24, 2.45) is 5.92 Å². The third-order valence-electron chi connectivity index (χ3n) is 4.52. The molecular formula is C21H21FN2O4. The lowest BCUT2D eigenvalue weighted by Crippen LogP contribution is -2.28. The van der Waals surface area contributed by atoms with Gasteiger partial charge in [-0.3, -0.25) is 14.4 Å². The molecule has 0 saturated carbocycles. The summed E-state index contributed by atoms with van der Waals surface area (Å²) in [5, 5.41) is 2.51. The van der Waals surface area contributed by atoms with Crippen molar-refractivity contribution < 1.29 is 23.5 Å². The molecule has 7 heteroatoms. The van der Waals surface area contributed by atoms with Gasteiger partial charge in [0.05, 0.1) is 5.92 Å². The molecule has 1 saturated heterocycles. The fourth-order valence-electron chi connectivity index (χ4n) is 2.98. The van der Waals surface area contributed by atoms with E-state index in [9.17, 15) is 18.8 Å². The van der Waals surface area contributed by atoms with Crippen LogP contribution in [0.15, 0.2) is 48.5 Å². The highest BCUT2D eigenvalue weighted by atomic mass is 19.1. The maximum absolute atomic E-state index is 12.9. The molecule has 0 spiro atoms. The van der Waals surface area contributed by atoms with Crippen molar-refractivity contribution >= 4 is 23.5 Å². The van der Waals surface area contributed by atoms with Gasteiger partial charge in [0.2, 0.25) is 5.91 Å². The van der Waals surface area contributed by atoms with Crippen LogP contribution in [0, 0.1) is 18.7 Å². The summed E-state index contributed by atoms with van der Waals surface area (Å²) in [4.78, 5) is 37.9. The number of amides is 2. The number of carbonyl (C=O) groups is 3. The van der Waals surface area contributed by atoms with Crippen molar-refractivity contribution in [2.75, 3.05) is 18.5 Å². The zero-order valence-electron chi connectivity index (χ0n) is 15.5. The van der Waals surface area contributed by atoms with E-state index in [0.717, 1.165) is 11.1 Å². The molecule has 1 atom stereocenters. The molecule has 0 aliphatic carbocycles. The Balaban J connectivity index is 1.46. The number of rotatable bonds is 6. The van der Waals surface area contributed by atoms with Crippen LogP contribution in [0.3, 0.4) is 0 Å². The number of carbonyl (C=O) groups excluding carboxylic acids is 3. The number of nitrogens with zero attached hydrogens (tertiary/aromatic N) is 1. The van der Waals surface area contributed by atoms with Gasteiger partial charge in [0.25, 0.3) is 5.91 Å². The van der Waals surface area contributed by atoms with E-state index in [1.165, 1.54) is 24.3 Å². The van der Waals surface area contributed by atoms with Gasteiger partial charge in [-0.15, -0.1) is 0 Å². The lowest BCUT2D eigenvalue weighted by molar-refractivity contribution is -0.151. The van der Waals surface area contributed by atoms with Crippen LogP contribution in [0.1, 0.15) is 17.5 Å². The quantitative estimate of drug-likeness (QED) is 0.777. The predicted molar refractivity (Wildman–Crippen MR) is 101 cm³/mol. The van der Waals surface area contributed by atoms with E-state index in [-0.39, 0.29) is 18.9 Å². The molecule has 1 fully saturated rings. The summed E-state index contributed by atoms with van der Waals surface area (Å²) in [6.45, 7) is 2.24. The van der Waals surface area contributed by atoms with Crippen LogP contribution in [-0.4, -0.2) is 35.8 Å². The predicted octanol–water partition coefficient (Wildman–Crippen LogP) is 2.66. The van der Waals surface area contributed by atoms with Gasteiger partial charge < -0.3 is 15.0 Å². The van der Waals surface area contributed by atoms with Crippen LogP contribution >= 0.6 is 0 Å². The van der Waals surface area contributed by atoms with Gasteiger partial charge in [-0.1, -0.05) is 29.8 Å². The number of nitrogens with one attached hydrogen (secondary N) is 1. The van der Waals surface area contributed by atoms with E-state index in [0.29, 0.717) is 12.2 Å². The molecule has 0 unspecified atom stereocenters. The fraction of sp³-hybridized carbons (Fsp3) is 0.286. The summed E-state index contributed by atoms with van der Waals surface area (Å²) < 4.78 is 17.9. The average Bonchev–Trinajstić information content (AvgIpc) is 3.04. The van der Waals surface area contributed by atoms with E-state index >= 15 is 0 Å². The first-order valence-electron chi connectivity index (χ1n) is 8.96. The molecule has 0 bridgehead atoms. The Hall–Kier alpha value is -3.22. The van der Waals surface area contributed by atoms with Crippen molar-refractivity contribution in [2.45, 2.75) is 19.9 Å². The number of hydrogen-bond acceptors (Lipinski definition) is 4. The highest BCUT2D eigenvalue weighted by Crippen LogP contribution is 2.21. The van der Waals surface area contributed by atoms with Crippen LogP contribution in [0.25, 0.3) is 0 Å². The summed E-state index contributed by atoms with van der Waals surface area (Å²) >= 11 is 0. The van der Waals surface area contributed by atoms with Crippen molar-refractivity contribution in [1.29, 1.82) is 0 Å². The largest absolute Gasteiger partial charge is 0.455 e. The molecule has 3 rings (SSSR count). The van der Waals surface area contributed by atoms with Crippen molar-refractivity contribution in [3.63, 3.8) is 0 Å². The Bertz CT molecular complexity index is 865. The van der Waals surface area contributed by atoms with E-state index in [4.69, 9.17) is 4.74 Å². The molecule has 1 N–H and O–H groups in total. The summed E-state index contributed by atoms with van der Waals surface area (Å²) in [6, 6.07) is 13.1. The second kappa shape index (κ2) is 8.65. The van der Waals surface area contributed by atoms with Crippen LogP contribution < -0.4 is 5.32 Å². The highest BCUT2D eigenvalue weighted by molar-refractivity contribution is 5.93. The molecular weight excluding hydrogens is 363 g/mol.